The van der Waals surface area contributed by atoms with Crippen molar-refractivity contribution in [2.75, 3.05) is 13.7 Å². The zero-order valence-electron chi connectivity index (χ0n) is 10.3. The highest BCUT2D eigenvalue weighted by Crippen LogP contribution is 2.18. The predicted molar refractivity (Wildman–Crippen MR) is 67.6 cm³/mol. The maximum atomic E-state index is 5.60. The van der Waals surface area contributed by atoms with Gasteiger partial charge in [-0.15, -0.1) is 11.3 Å². The Bertz CT molecular complexity index is 310. The molecule has 1 heterocycles. The van der Waals surface area contributed by atoms with Crippen LogP contribution in [-0.4, -0.2) is 19.3 Å². The Balaban J connectivity index is 2.20. The van der Waals surface area contributed by atoms with Crippen LogP contribution >= 0.6 is 11.3 Å². The molecule has 0 aliphatic carbocycles. The molecule has 0 radical (unpaired) electrons. The van der Waals surface area contributed by atoms with Gasteiger partial charge in [-0.1, -0.05) is 0 Å². The molecule has 0 unspecified atom stereocenters. The van der Waals surface area contributed by atoms with Crippen LogP contribution in [0.1, 0.15) is 30.0 Å². The lowest BCUT2D eigenvalue weighted by Gasteiger charge is -2.22. The summed E-state index contributed by atoms with van der Waals surface area (Å²) in [6, 6.07) is 4.14. The van der Waals surface area contributed by atoms with E-state index in [1.165, 1.54) is 9.75 Å². The van der Waals surface area contributed by atoms with Gasteiger partial charge in [0.1, 0.15) is 0 Å². The highest BCUT2D eigenvalue weighted by Gasteiger charge is 2.15. The molecule has 16 heavy (non-hydrogen) atoms. The summed E-state index contributed by atoms with van der Waals surface area (Å²) in [5, 5.41) is 0. The molecular formula is C12H21NO2S. The van der Waals surface area contributed by atoms with E-state index in [0.717, 1.165) is 13.0 Å². The Hall–Kier alpha value is -0.420. The van der Waals surface area contributed by atoms with Gasteiger partial charge in [0, 0.05) is 30.0 Å². The van der Waals surface area contributed by atoms with Crippen LogP contribution in [-0.2, 0) is 22.6 Å². The van der Waals surface area contributed by atoms with Crippen LogP contribution in [0.25, 0.3) is 0 Å². The normalized spacial score (nSPS) is 12.0. The van der Waals surface area contributed by atoms with Crippen molar-refractivity contribution in [3.8, 4) is 0 Å². The molecule has 4 heteroatoms. The summed E-state index contributed by atoms with van der Waals surface area (Å²) in [6.45, 7) is 6.13. The highest BCUT2D eigenvalue weighted by molar-refractivity contribution is 7.11. The highest BCUT2D eigenvalue weighted by atomic mass is 32.1. The molecule has 0 saturated heterocycles. The summed E-state index contributed by atoms with van der Waals surface area (Å²) >= 11 is 1.72. The topological polar surface area (TPSA) is 44.5 Å². The van der Waals surface area contributed by atoms with Gasteiger partial charge in [-0.25, -0.2) is 0 Å². The number of rotatable bonds is 7. The first-order valence-corrected chi connectivity index (χ1v) is 6.29. The van der Waals surface area contributed by atoms with Crippen molar-refractivity contribution in [1.82, 2.24) is 0 Å². The van der Waals surface area contributed by atoms with Crippen LogP contribution in [0.15, 0.2) is 12.1 Å². The third kappa shape index (κ3) is 4.61. The fourth-order valence-electron chi connectivity index (χ4n) is 1.20. The zero-order chi connectivity index (χ0) is 12.0. The van der Waals surface area contributed by atoms with Crippen LogP contribution < -0.4 is 5.73 Å². The second kappa shape index (κ2) is 6.35. The van der Waals surface area contributed by atoms with Gasteiger partial charge in [0.25, 0.3) is 0 Å². The molecule has 0 aliphatic rings. The van der Waals surface area contributed by atoms with Gasteiger partial charge in [-0.05, 0) is 32.4 Å². The Morgan fingerprint density at radius 1 is 1.31 bits per heavy atom. The quantitative estimate of drug-likeness (QED) is 0.748. The summed E-state index contributed by atoms with van der Waals surface area (Å²) in [6.07, 6.45) is 0.901. The second-order valence-corrected chi connectivity index (χ2v) is 5.59. The summed E-state index contributed by atoms with van der Waals surface area (Å²) in [5.41, 5.74) is 5.45. The molecule has 1 aromatic heterocycles. The van der Waals surface area contributed by atoms with Crippen molar-refractivity contribution in [1.29, 1.82) is 0 Å². The summed E-state index contributed by atoms with van der Waals surface area (Å²) < 4.78 is 10.9. The molecule has 0 aliphatic heterocycles. The van der Waals surface area contributed by atoms with Crippen molar-refractivity contribution in [3.63, 3.8) is 0 Å². The van der Waals surface area contributed by atoms with Crippen LogP contribution in [0.2, 0.25) is 0 Å². The lowest BCUT2D eigenvalue weighted by molar-refractivity contribution is -0.0121. The lowest BCUT2D eigenvalue weighted by atomic mass is 10.1. The molecule has 0 saturated carbocycles. The molecular weight excluding hydrogens is 222 g/mol. The summed E-state index contributed by atoms with van der Waals surface area (Å²) in [7, 11) is 1.73. The fraction of sp³-hybridized carbons (Fsp3) is 0.667. The Morgan fingerprint density at radius 3 is 2.56 bits per heavy atom. The van der Waals surface area contributed by atoms with E-state index < -0.39 is 0 Å². The van der Waals surface area contributed by atoms with Crippen LogP contribution in [0.3, 0.4) is 0 Å². The monoisotopic (exact) mass is 243 g/mol. The number of ether oxygens (including phenoxy) is 2. The maximum absolute atomic E-state index is 5.60. The maximum Gasteiger partial charge on any atom is 0.0809 e. The Morgan fingerprint density at radius 2 is 2.00 bits per heavy atom. The van der Waals surface area contributed by atoms with E-state index in [4.69, 9.17) is 15.2 Å². The second-order valence-electron chi connectivity index (χ2n) is 4.34. The standard InChI is InChI=1S/C12H21NO2S/c1-12(2,14-3)6-7-15-9-11-5-4-10(8-13)16-11/h4-5H,6-9,13H2,1-3H3. The third-order valence-electron chi connectivity index (χ3n) is 2.56. The van der Waals surface area contributed by atoms with E-state index >= 15 is 0 Å². The average molecular weight is 243 g/mol. The van der Waals surface area contributed by atoms with Crippen LogP contribution in [0, 0.1) is 0 Å². The van der Waals surface area contributed by atoms with Crippen molar-refractivity contribution < 1.29 is 9.47 Å². The minimum atomic E-state index is -0.0993. The summed E-state index contributed by atoms with van der Waals surface area (Å²) in [5.74, 6) is 0. The van der Waals surface area contributed by atoms with Crippen molar-refractivity contribution in [2.24, 2.45) is 5.73 Å². The molecule has 0 bridgehead atoms. The van der Waals surface area contributed by atoms with Crippen LogP contribution in [0.4, 0.5) is 0 Å². The Kier molecular flexibility index (Phi) is 5.41. The molecule has 0 atom stereocenters. The number of nitrogens with two attached hydrogens (primary N) is 1. The number of hydrogen-bond acceptors (Lipinski definition) is 4. The first-order chi connectivity index (χ1) is 7.57. The van der Waals surface area contributed by atoms with Gasteiger partial charge < -0.3 is 15.2 Å². The van der Waals surface area contributed by atoms with Gasteiger partial charge >= 0.3 is 0 Å². The molecule has 0 amide bonds. The first kappa shape index (κ1) is 13.6. The smallest absolute Gasteiger partial charge is 0.0809 e. The van der Waals surface area contributed by atoms with E-state index in [9.17, 15) is 0 Å². The van der Waals surface area contributed by atoms with E-state index in [0.29, 0.717) is 13.2 Å². The minimum absolute atomic E-state index is 0.0993. The van der Waals surface area contributed by atoms with Gasteiger partial charge in [0.2, 0.25) is 0 Å². The van der Waals surface area contributed by atoms with Gasteiger partial charge in [-0.3, -0.25) is 0 Å². The van der Waals surface area contributed by atoms with E-state index in [1.807, 2.05) is 0 Å². The zero-order valence-corrected chi connectivity index (χ0v) is 11.1. The number of hydrogen-bond donors (Lipinski definition) is 1. The first-order valence-electron chi connectivity index (χ1n) is 5.48. The molecule has 1 rings (SSSR count). The predicted octanol–water partition coefficient (Wildman–Crippen LogP) is 2.54. The van der Waals surface area contributed by atoms with Gasteiger partial charge in [0.15, 0.2) is 0 Å². The number of thiophene rings is 1. The largest absolute Gasteiger partial charge is 0.379 e. The average Bonchev–Trinajstić information content (AvgIpc) is 2.72. The lowest BCUT2D eigenvalue weighted by Crippen LogP contribution is -2.24. The van der Waals surface area contributed by atoms with Crippen molar-refractivity contribution in [3.05, 3.63) is 21.9 Å². The third-order valence-corrected chi connectivity index (χ3v) is 3.64. The number of methoxy groups -OCH3 is 1. The molecule has 3 nitrogen and oxygen atoms in total. The molecule has 0 spiro atoms. The minimum Gasteiger partial charge on any atom is -0.379 e. The molecule has 0 aromatic carbocycles. The molecule has 2 N–H and O–H groups in total. The summed E-state index contributed by atoms with van der Waals surface area (Å²) in [4.78, 5) is 2.44. The van der Waals surface area contributed by atoms with Gasteiger partial charge in [0.05, 0.1) is 12.2 Å². The van der Waals surface area contributed by atoms with E-state index in [1.54, 1.807) is 18.4 Å². The van der Waals surface area contributed by atoms with Crippen LogP contribution in [0.5, 0.6) is 0 Å². The van der Waals surface area contributed by atoms with Gasteiger partial charge in [-0.2, -0.15) is 0 Å². The van der Waals surface area contributed by atoms with Crippen molar-refractivity contribution >= 4 is 11.3 Å². The van der Waals surface area contributed by atoms with E-state index in [-0.39, 0.29) is 5.60 Å². The van der Waals surface area contributed by atoms with Crippen molar-refractivity contribution in [2.45, 2.75) is 39.0 Å². The Labute approximate surface area is 102 Å². The van der Waals surface area contributed by atoms with E-state index in [2.05, 4.69) is 26.0 Å². The molecule has 0 fully saturated rings. The molecule has 92 valence electrons. The fourth-order valence-corrected chi connectivity index (χ4v) is 2.04. The molecule has 1 aromatic rings. The SMILES string of the molecule is COC(C)(C)CCOCc1ccc(CN)s1.